The van der Waals surface area contributed by atoms with Crippen LogP contribution in [0.25, 0.3) is 11.0 Å². The topological polar surface area (TPSA) is 34.4 Å². The van der Waals surface area contributed by atoms with E-state index in [1.165, 1.54) is 10.9 Å². The molecule has 116 valence electrons. The first-order valence-corrected chi connectivity index (χ1v) is 8.00. The van der Waals surface area contributed by atoms with Crippen LogP contribution in [0, 0.1) is 5.92 Å². The third-order valence-electron chi connectivity index (χ3n) is 3.58. The Balaban J connectivity index is 2.07. The predicted octanol–water partition coefficient (Wildman–Crippen LogP) is 4.50. The molecule has 2 rings (SSSR count). The van der Waals surface area contributed by atoms with Crippen LogP contribution in [0.1, 0.15) is 44.9 Å². The van der Waals surface area contributed by atoms with Crippen LogP contribution < -0.4 is 5.32 Å². The molecule has 1 heterocycles. The molecule has 0 amide bonds. The van der Waals surface area contributed by atoms with Crippen LogP contribution in [-0.4, -0.2) is 13.2 Å². The maximum Gasteiger partial charge on any atom is 0.134 e. The van der Waals surface area contributed by atoms with Crippen molar-refractivity contribution in [2.45, 2.75) is 46.8 Å². The lowest BCUT2D eigenvalue weighted by Gasteiger charge is -2.07. The van der Waals surface area contributed by atoms with Crippen LogP contribution in [-0.2, 0) is 17.9 Å². The Kier molecular flexibility index (Phi) is 6.27. The zero-order valence-electron chi connectivity index (χ0n) is 13.4. The summed E-state index contributed by atoms with van der Waals surface area (Å²) in [6, 6.07) is 8.21. The second-order valence-corrected chi connectivity index (χ2v) is 5.91. The summed E-state index contributed by atoms with van der Waals surface area (Å²) in [5.41, 5.74) is 2.14. The van der Waals surface area contributed by atoms with Crippen LogP contribution >= 0.6 is 0 Å². The van der Waals surface area contributed by atoms with Gasteiger partial charge in [-0.3, -0.25) is 0 Å². The SMILES string of the molecule is CCCNCc1oc2ccccc2c1COCCC(C)C. The van der Waals surface area contributed by atoms with Gasteiger partial charge in [0.15, 0.2) is 0 Å². The molecule has 0 saturated heterocycles. The summed E-state index contributed by atoms with van der Waals surface area (Å²) in [6.07, 6.45) is 2.22. The lowest BCUT2D eigenvalue weighted by Crippen LogP contribution is -2.14. The molecule has 0 bridgehead atoms. The van der Waals surface area contributed by atoms with E-state index in [-0.39, 0.29) is 0 Å². The highest BCUT2D eigenvalue weighted by Gasteiger charge is 2.13. The van der Waals surface area contributed by atoms with Crippen LogP contribution in [0.2, 0.25) is 0 Å². The Morgan fingerprint density at radius 2 is 2.05 bits per heavy atom. The van der Waals surface area contributed by atoms with E-state index in [2.05, 4.69) is 38.2 Å². The first kappa shape index (κ1) is 16.1. The maximum absolute atomic E-state index is 5.98. The van der Waals surface area contributed by atoms with E-state index in [0.29, 0.717) is 12.5 Å². The molecule has 0 unspecified atom stereocenters. The number of ether oxygens (including phenoxy) is 1. The van der Waals surface area contributed by atoms with E-state index in [0.717, 1.165) is 43.9 Å². The fraction of sp³-hybridized carbons (Fsp3) is 0.556. The first-order chi connectivity index (χ1) is 10.2. The van der Waals surface area contributed by atoms with Gasteiger partial charge in [0.1, 0.15) is 11.3 Å². The molecule has 1 N–H and O–H groups in total. The van der Waals surface area contributed by atoms with Gasteiger partial charge in [0.2, 0.25) is 0 Å². The first-order valence-electron chi connectivity index (χ1n) is 8.00. The Hall–Kier alpha value is -1.32. The van der Waals surface area contributed by atoms with Crippen LogP contribution in [0.3, 0.4) is 0 Å². The number of furan rings is 1. The number of rotatable bonds is 9. The molecule has 0 atom stereocenters. The molecule has 0 spiro atoms. The molecular weight excluding hydrogens is 262 g/mol. The highest BCUT2D eigenvalue weighted by atomic mass is 16.5. The van der Waals surface area contributed by atoms with Gasteiger partial charge in [0, 0.05) is 17.6 Å². The molecule has 2 aromatic rings. The van der Waals surface area contributed by atoms with Crippen molar-refractivity contribution in [3.63, 3.8) is 0 Å². The van der Waals surface area contributed by atoms with Crippen molar-refractivity contribution in [2.75, 3.05) is 13.2 Å². The van der Waals surface area contributed by atoms with Crippen molar-refractivity contribution in [1.82, 2.24) is 5.32 Å². The van der Waals surface area contributed by atoms with Crippen molar-refractivity contribution in [2.24, 2.45) is 5.92 Å². The summed E-state index contributed by atoms with van der Waals surface area (Å²) < 4.78 is 11.8. The molecule has 0 aliphatic carbocycles. The summed E-state index contributed by atoms with van der Waals surface area (Å²) in [5, 5.41) is 4.59. The minimum atomic E-state index is 0.632. The molecule has 0 saturated carbocycles. The van der Waals surface area contributed by atoms with Gasteiger partial charge in [-0.25, -0.2) is 0 Å². The van der Waals surface area contributed by atoms with E-state index in [1.807, 2.05) is 12.1 Å². The van der Waals surface area contributed by atoms with Gasteiger partial charge in [-0.2, -0.15) is 0 Å². The van der Waals surface area contributed by atoms with Crippen LogP contribution in [0.5, 0.6) is 0 Å². The van der Waals surface area contributed by atoms with Gasteiger partial charge in [-0.05, 0) is 31.4 Å². The fourth-order valence-electron chi connectivity index (χ4n) is 2.32. The second kappa shape index (κ2) is 8.20. The highest BCUT2D eigenvalue weighted by Crippen LogP contribution is 2.26. The summed E-state index contributed by atoms with van der Waals surface area (Å²) in [6.45, 7) is 9.82. The van der Waals surface area contributed by atoms with Crippen LogP contribution in [0.15, 0.2) is 28.7 Å². The van der Waals surface area contributed by atoms with Crippen molar-refractivity contribution in [3.8, 4) is 0 Å². The normalized spacial score (nSPS) is 11.6. The number of hydrogen-bond acceptors (Lipinski definition) is 3. The molecule has 0 aliphatic heterocycles. The average molecular weight is 289 g/mol. The monoisotopic (exact) mass is 289 g/mol. The van der Waals surface area contributed by atoms with Crippen LogP contribution in [0.4, 0.5) is 0 Å². The molecule has 3 heteroatoms. The summed E-state index contributed by atoms with van der Waals surface area (Å²) in [7, 11) is 0. The summed E-state index contributed by atoms with van der Waals surface area (Å²) >= 11 is 0. The minimum absolute atomic E-state index is 0.632. The fourth-order valence-corrected chi connectivity index (χ4v) is 2.32. The Morgan fingerprint density at radius 3 is 2.81 bits per heavy atom. The predicted molar refractivity (Wildman–Crippen MR) is 87.3 cm³/mol. The molecule has 3 nitrogen and oxygen atoms in total. The standard InChI is InChI=1S/C18H27NO2/c1-4-10-19-12-18-16(13-20-11-9-14(2)3)15-7-5-6-8-17(15)21-18/h5-8,14,19H,4,9-13H2,1-3H3. The lowest BCUT2D eigenvalue weighted by molar-refractivity contribution is 0.110. The average Bonchev–Trinajstić information content (AvgIpc) is 2.81. The summed E-state index contributed by atoms with van der Waals surface area (Å²) in [4.78, 5) is 0. The lowest BCUT2D eigenvalue weighted by atomic mass is 10.1. The van der Waals surface area contributed by atoms with E-state index in [9.17, 15) is 0 Å². The third kappa shape index (κ3) is 4.58. The van der Waals surface area contributed by atoms with Gasteiger partial charge >= 0.3 is 0 Å². The third-order valence-corrected chi connectivity index (χ3v) is 3.58. The number of nitrogens with one attached hydrogen (secondary N) is 1. The maximum atomic E-state index is 5.98. The number of fused-ring (bicyclic) bond motifs is 1. The smallest absolute Gasteiger partial charge is 0.134 e. The number of hydrogen-bond donors (Lipinski definition) is 1. The number of para-hydroxylation sites is 1. The Labute approximate surface area is 127 Å². The van der Waals surface area contributed by atoms with Gasteiger partial charge in [0.05, 0.1) is 13.2 Å². The molecule has 0 aliphatic rings. The van der Waals surface area contributed by atoms with E-state index in [4.69, 9.17) is 9.15 Å². The quantitative estimate of drug-likeness (QED) is 0.690. The molecule has 1 aromatic heterocycles. The van der Waals surface area contributed by atoms with Gasteiger partial charge in [0.25, 0.3) is 0 Å². The van der Waals surface area contributed by atoms with Crippen molar-refractivity contribution >= 4 is 11.0 Å². The molecule has 0 radical (unpaired) electrons. The van der Waals surface area contributed by atoms with Gasteiger partial charge < -0.3 is 14.5 Å². The summed E-state index contributed by atoms with van der Waals surface area (Å²) in [5.74, 6) is 1.69. The van der Waals surface area contributed by atoms with Gasteiger partial charge in [-0.1, -0.05) is 39.0 Å². The second-order valence-electron chi connectivity index (χ2n) is 5.91. The van der Waals surface area contributed by atoms with E-state index < -0.39 is 0 Å². The molecule has 0 fully saturated rings. The van der Waals surface area contributed by atoms with Gasteiger partial charge in [-0.15, -0.1) is 0 Å². The van der Waals surface area contributed by atoms with Crippen molar-refractivity contribution < 1.29 is 9.15 Å². The zero-order valence-corrected chi connectivity index (χ0v) is 13.4. The Bertz CT molecular complexity index is 545. The minimum Gasteiger partial charge on any atom is -0.459 e. The van der Waals surface area contributed by atoms with E-state index in [1.54, 1.807) is 0 Å². The zero-order chi connectivity index (χ0) is 15.1. The van der Waals surface area contributed by atoms with E-state index >= 15 is 0 Å². The molecule has 21 heavy (non-hydrogen) atoms. The number of benzene rings is 1. The Morgan fingerprint density at radius 1 is 1.24 bits per heavy atom. The highest BCUT2D eigenvalue weighted by molar-refractivity contribution is 5.82. The van der Waals surface area contributed by atoms with Crippen molar-refractivity contribution in [1.29, 1.82) is 0 Å². The molecular formula is C18H27NO2. The molecule has 1 aromatic carbocycles. The largest absolute Gasteiger partial charge is 0.459 e. The van der Waals surface area contributed by atoms with Crippen molar-refractivity contribution in [3.05, 3.63) is 35.6 Å².